The highest BCUT2D eigenvalue weighted by Crippen LogP contribution is 2.18. The van der Waals surface area contributed by atoms with Crippen LogP contribution >= 0.6 is 0 Å². The number of nitrogens with two attached hydrogens (primary N) is 1. The van der Waals surface area contributed by atoms with E-state index in [1.54, 1.807) is 6.07 Å². The topological polar surface area (TPSA) is 35.2 Å². The zero-order valence-electron chi connectivity index (χ0n) is 12.0. The minimum Gasteiger partial charge on any atom is -0.491 e. The molecule has 0 heterocycles. The zero-order valence-corrected chi connectivity index (χ0v) is 12.0. The van der Waals surface area contributed by atoms with Crippen LogP contribution in [-0.2, 0) is 6.54 Å². The van der Waals surface area contributed by atoms with Crippen molar-refractivity contribution in [2.45, 2.75) is 58.4 Å². The quantitative estimate of drug-likeness (QED) is 0.637. The van der Waals surface area contributed by atoms with Crippen molar-refractivity contribution >= 4 is 0 Å². The Morgan fingerprint density at radius 2 is 1.74 bits per heavy atom. The predicted octanol–water partition coefficient (Wildman–Crippen LogP) is 4.41. The maximum Gasteiger partial charge on any atom is 0.165 e. The molecule has 0 saturated heterocycles. The molecule has 0 bridgehead atoms. The number of halogens is 1. The fourth-order valence-electron chi connectivity index (χ4n) is 2.03. The Morgan fingerprint density at radius 3 is 2.37 bits per heavy atom. The summed E-state index contributed by atoms with van der Waals surface area (Å²) in [6, 6.07) is 4.92. The average Bonchev–Trinajstić information content (AvgIpc) is 2.43. The van der Waals surface area contributed by atoms with Gasteiger partial charge in [-0.3, -0.25) is 0 Å². The first-order chi connectivity index (χ1) is 9.27. The molecule has 0 aromatic heterocycles. The minimum atomic E-state index is -0.314. The van der Waals surface area contributed by atoms with Gasteiger partial charge in [0.1, 0.15) is 0 Å². The third-order valence-electron chi connectivity index (χ3n) is 3.24. The lowest BCUT2D eigenvalue weighted by atomic mass is 10.1. The van der Waals surface area contributed by atoms with Gasteiger partial charge in [0.2, 0.25) is 0 Å². The van der Waals surface area contributed by atoms with Crippen LogP contribution in [0.3, 0.4) is 0 Å². The van der Waals surface area contributed by atoms with Crippen molar-refractivity contribution in [1.82, 2.24) is 0 Å². The Kier molecular flexibility index (Phi) is 8.23. The third-order valence-corrected chi connectivity index (χ3v) is 3.24. The van der Waals surface area contributed by atoms with E-state index in [1.807, 2.05) is 6.07 Å². The Morgan fingerprint density at radius 1 is 1.05 bits per heavy atom. The summed E-state index contributed by atoms with van der Waals surface area (Å²) in [5, 5.41) is 0. The lowest BCUT2D eigenvalue weighted by Crippen LogP contribution is -2.01. The molecule has 19 heavy (non-hydrogen) atoms. The third kappa shape index (κ3) is 6.58. The van der Waals surface area contributed by atoms with Crippen LogP contribution in [0.25, 0.3) is 0 Å². The van der Waals surface area contributed by atoms with Crippen LogP contribution in [0.2, 0.25) is 0 Å². The van der Waals surface area contributed by atoms with Gasteiger partial charge < -0.3 is 10.5 Å². The van der Waals surface area contributed by atoms with Gasteiger partial charge in [-0.1, -0.05) is 51.5 Å². The molecule has 0 aliphatic carbocycles. The first kappa shape index (κ1) is 16.0. The fourth-order valence-corrected chi connectivity index (χ4v) is 2.03. The second-order valence-electron chi connectivity index (χ2n) is 4.94. The van der Waals surface area contributed by atoms with Crippen molar-refractivity contribution in [3.8, 4) is 5.75 Å². The number of benzene rings is 1. The molecule has 0 aliphatic heterocycles. The lowest BCUT2D eigenvalue weighted by molar-refractivity contribution is 0.290. The number of hydrogen-bond donors (Lipinski definition) is 1. The Balaban J connectivity index is 2.12. The normalized spacial score (nSPS) is 10.7. The Bertz CT molecular complexity index is 355. The maximum absolute atomic E-state index is 13.6. The Labute approximate surface area is 116 Å². The smallest absolute Gasteiger partial charge is 0.165 e. The molecule has 1 aromatic carbocycles. The largest absolute Gasteiger partial charge is 0.491 e. The Hall–Kier alpha value is -1.09. The molecule has 0 saturated carbocycles. The van der Waals surface area contributed by atoms with Gasteiger partial charge in [-0.2, -0.15) is 0 Å². The van der Waals surface area contributed by atoms with E-state index in [9.17, 15) is 4.39 Å². The SMILES string of the molecule is CCCCCCCCCOc1ccc(CN)cc1F. The van der Waals surface area contributed by atoms with Crippen LogP contribution in [0.5, 0.6) is 5.75 Å². The standard InChI is InChI=1S/C16H26FNO/c1-2-3-4-5-6-7-8-11-19-16-10-9-14(13-18)12-15(16)17/h9-10,12H,2-8,11,13,18H2,1H3. The summed E-state index contributed by atoms with van der Waals surface area (Å²) in [6.07, 6.45) is 8.63. The van der Waals surface area contributed by atoms with Crippen LogP contribution in [0.4, 0.5) is 4.39 Å². The molecule has 3 heteroatoms. The number of hydrogen-bond acceptors (Lipinski definition) is 2. The molecule has 0 atom stereocenters. The van der Waals surface area contributed by atoms with Crippen molar-refractivity contribution < 1.29 is 9.13 Å². The molecule has 1 aromatic rings. The first-order valence-corrected chi connectivity index (χ1v) is 7.39. The first-order valence-electron chi connectivity index (χ1n) is 7.39. The van der Waals surface area contributed by atoms with E-state index in [1.165, 1.54) is 38.2 Å². The minimum absolute atomic E-state index is 0.314. The molecule has 0 fully saturated rings. The van der Waals surface area contributed by atoms with Gasteiger partial charge in [-0.05, 0) is 24.1 Å². The summed E-state index contributed by atoms with van der Waals surface area (Å²) in [4.78, 5) is 0. The molecule has 1 rings (SSSR count). The van der Waals surface area contributed by atoms with Crippen molar-refractivity contribution in [3.63, 3.8) is 0 Å². The molecule has 0 amide bonds. The summed E-state index contributed by atoms with van der Waals surface area (Å²) < 4.78 is 19.0. The van der Waals surface area contributed by atoms with Crippen LogP contribution in [0.1, 0.15) is 57.4 Å². The summed E-state index contributed by atoms with van der Waals surface area (Å²) >= 11 is 0. The molecule has 0 unspecified atom stereocenters. The van der Waals surface area contributed by atoms with E-state index >= 15 is 0 Å². The van der Waals surface area contributed by atoms with Crippen molar-refractivity contribution in [3.05, 3.63) is 29.6 Å². The molecular formula is C16H26FNO. The summed E-state index contributed by atoms with van der Waals surface area (Å²) in [5.41, 5.74) is 6.24. The summed E-state index contributed by atoms with van der Waals surface area (Å²) in [6.45, 7) is 3.17. The molecular weight excluding hydrogens is 241 g/mol. The maximum atomic E-state index is 13.6. The van der Waals surface area contributed by atoms with Gasteiger partial charge in [0, 0.05) is 6.54 Å². The second kappa shape index (κ2) is 9.79. The molecule has 2 N–H and O–H groups in total. The van der Waals surface area contributed by atoms with Gasteiger partial charge in [-0.15, -0.1) is 0 Å². The van der Waals surface area contributed by atoms with Gasteiger partial charge in [0.25, 0.3) is 0 Å². The van der Waals surface area contributed by atoms with Crippen molar-refractivity contribution in [2.24, 2.45) is 5.73 Å². The van der Waals surface area contributed by atoms with Crippen molar-refractivity contribution in [1.29, 1.82) is 0 Å². The van der Waals surface area contributed by atoms with Gasteiger partial charge in [0.15, 0.2) is 11.6 Å². The summed E-state index contributed by atoms with van der Waals surface area (Å²) in [5.74, 6) is 0.0223. The highest BCUT2D eigenvalue weighted by molar-refractivity contribution is 5.29. The number of ether oxygens (including phenoxy) is 1. The number of unbranched alkanes of at least 4 members (excludes halogenated alkanes) is 6. The van der Waals surface area contributed by atoms with Crippen molar-refractivity contribution in [2.75, 3.05) is 6.61 Å². The van der Waals surface area contributed by atoms with E-state index in [4.69, 9.17) is 10.5 Å². The van der Waals surface area contributed by atoms with Crippen LogP contribution < -0.4 is 10.5 Å². The molecule has 0 aliphatic rings. The van der Waals surface area contributed by atoms with Gasteiger partial charge in [-0.25, -0.2) is 4.39 Å². The molecule has 0 radical (unpaired) electrons. The molecule has 2 nitrogen and oxygen atoms in total. The zero-order chi connectivity index (χ0) is 13.9. The monoisotopic (exact) mass is 267 g/mol. The van der Waals surface area contributed by atoms with E-state index in [2.05, 4.69) is 6.92 Å². The predicted molar refractivity (Wildman–Crippen MR) is 77.8 cm³/mol. The molecule has 0 spiro atoms. The van der Waals surface area contributed by atoms with Crippen LogP contribution in [0, 0.1) is 5.82 Å². The van der Waals surface area contributed by atoms with Gasteiger partial charge >= 0.3 is 0 Å². The van der Waals surface area contributed by atoms with E-state index < -0.39 is 0 Å². The second-order valence-corrected chi connectivity index (χ2v) is 4.94. The molecule has 108 valence electrons. The van der Waals surface area contributed by atoms with E-state index in [0.717, 1.165) is 18.4 Å². The fraction of sp³-hybridized carbons (Fsp3) is 0.625. The average molecular weight is 267 g/mol. The summed E-state index contributed by atoms with van der Waals surface area (Å²) in [7, 11) is 0. The van der Waals surface area contributed by atoms with E-state index in [0.29, 0.717) is 18.9 Å². The highest BCUT2D eigenvalue weighted by Gasteiger charge is 2.03. The van der Waals surface area contributed by atoms with Crippen LogP contribution in [-0.4, -0.2) is 6.61 Å². The lowest BCUT2D eigenvalue weighted by Gasteiger charge is -2.08. The highest BCUT2D eigenvalue weighted by atomic mass is 19.1. The van der Waals surface area contributed by atoms with Gasteiger partial charge in [0.05, 0.1) is 6.61 Å². The number of rotatable bonds is 10. The van der Waals surface area contributed by atoms with E-state index in [-0.39, 0.29) is 5.82 Å². The van der Waals surface area contributed by atoms with Crippen LogP contribution in [0.15, 0.2) is 18.2 Å².